The number of halogens is 1. The Bertz CT molecular complexity index is 1720. The second-order valence-electron chi connectivity index (χ2n) is 9.62. The maximum absolute atomic E-state index is 14.2. The molecule has 5 rings (SSSR count). The monoisotopic (exact) mass is 583 g/mol. The van der Waals surface area contributed by atoms with Gasteiger partial charge in [-0.25, -0.2) is 9.07 Å². The molecule has 0 saturated heterocycles. The van der Waals surface area contributed by atoms with Gasteiger partial charge < -0.3 is 24.4 Å². The van der Waals surface area contributed by atoms with E-state index in [0.29, 0.717) is 39.5 Å². The summed E-state index contributed by atoms with van der Waals surface area (Å²) in [4.78, 5) is 29.8. The van der Waals surface area contributed by atoms with Gasteiger partial charge in [-0.2, -0.15) is 0 Å². The number of methoxy groups -OCH3 is 3. The molecule has 2 amide bonds. The second-order valence-corrected chi connectivity index (χ2v) is 9.62. The van der Waals surface area contributed by atoms with Crippen LogP contribution < -0.4 is 19.5 Å². The number of hydrogen-bond donors (Lipinski definition) is 1. The fourth-order valence-electron chi connectivity index (χ4n) is 4.74. The van der Waals surface area contributed by atoms with E-state index in [1.165, 1.54) is 48.1 Å². The minimum Gasteiger partial charge on any atom is -0.497 e. The van der Waals surface area contributed by atoms with Crippen molar-refractivity contribution in [1.82, 2.24) is 19.9 Å². The first-order valence-electron chi connectivity index (χ1n) is 13.4. The molecule has 0 bridgehead atoms. The number of nitrogens with one attached hydrogen (secondary N) is 1. The number of aromatic nitrogens is 3. The van der Waals surface area contributed by atoms with Crippen LogP contribution in [0.5, 0.6) is 17.2 Å². The topological polar surface area (TPSA) is 108 Å². The summed E-state index contributed by atoms with van der Waals surface area (Å²) < 4.78 is 31.3. The Labute approximate surface area is 247 Å². The molecule has 11 heteroatoms. The van der Waals surface area contributed by atoms with Gasteiger partial charge in [0.1, 0.15) is 29.7 Å². The molecule has 43 heavy (non-hydrogen) atoms. The summed E-state index contributed by atoms with van der Waals surface area (Å²) in [5.41, 5.74) is 2.93. The molecule has 1 aromatic heterocycles. The molecular formula is C32H30FN5O5. The van der Waals surface area contributed by atoms with Crippen molar-refractivity contribution < 1.29 is 28.2 Å². The molecule has 0 fully saturated rings. The zero-order valence-electron chi connectivity index (χ0n) is 23.9. The van der Waals surface area contributed by atoms with E-state index >= 15 is 0 Å². The SMILES string of the molecule is COc1ccc(CN(C(=O)Cn2nnc3ccccc32)C(C(=O)Nc2ccc(F)cc2)c2ccc(OC)c(OC)c2)cc1. The van der Waals surface area contributed by atoms with Crippen LogP contribution in [0.4, 0.5) is 10.1 Å². The van der Waals surface area contributed by atoms with Crippen LogP contribution in [-0.4, -0.2) is 53.0 Å². The number of carbonyl (C=O) groups excluding carboxylic acids is 2. The van der Waals surface area contributed by atoms with Crippen molar-refractivity contribution in [2.45, 2.75) is 19.1 Å². The molecule has 220 valence electrons. The first-order valence-corrected chi connectivity index (χ1v) is 13.4. The fraction of sp³-hybridized carbons (Fsp3) is 0.188. The number of nitrogens with zero attached hydrogens (tertiary/aromatic N) is 4. The Morgan fingerprint density at radius 3 is 2.30 bits per heavy atom. The van der Waals surface area contributed by atoms with Crippen molar-refractivity contribution in [3.63, 3.8) is 0 Å². The van der Waals surface area contributed by atoms with E-state index in [2.05, 4.69) is 15.6 Å². The molecule has 1 unspecified atom stereocenters. The van der Waals surface area contributed by atoms with E-state index in [4.69, 9.17) is 14.2 Å². The molecule has 0 saturated carbocycles. The van der Waals surface area contributed by atoms with E-state index in [1.54, 1.807) is 43.5 Å². The zero-order valence-corrected chi connectivity index (χ0v) is 23.9. The molecule has 5 aromatic rings. The highest BCUT2D eigenvalue weighted by Gasteiger charge is 2.33. The molecule has 4 aromatic carbocycles. The Kier molecular flexibility index (Phi) is 8.80. The predicted molar refractivity (Wildman–Crippen MR) is 158 cm³/mol. The fourth-order valence-corrected chi connectivity index (χ4v) is 4.74. The average Bonchev–Trinajstić information content (AvgIpc) is 3.44. The summed E-state index contributed by atoms with van der Waals surface area (Å²) in [6.45, 7) is -0.102. The average molecular weight is 584 g/mol. The van der Waals surface area contributed by atoms with Crippen molar-refractivity contribution in [1.29, 1.82) is 0 Å². The van der Waals surface area contributed by atoms with Crippen molar-refractivity contribution in [3.05, 3.63) is 108 Å². The van der Waals surface area contributed by atoms with E-state index in [9.17, 15) is 14.0 Å². The molecule has 1 heterocycles. The maximum Gasteiger partial charge on any atom is 0.251 e. The van der Waals surface area contributed by atoms with Crippen LogP contribution in [0.15, 0.2) is 91.0 Å². The molecule has 1 N–H and O–H groups in total. The van der Waals surface area contributed by atoms with Crippen molar-refractivity contribution in [2.75, 3.05) is 26.6 Å². The summed E-state index contributed by atoms with van der Waals surface area (Å²) in [5.74, 6) is 0.168. The predicted octanol–water partition coefficient (Wildman–Crippen LogP) is 5.01. The molecule has 10 nitrogen and oxygen atoms in total. The summed E-state index contributed by atoms with van der Waals surface area (Å²) >= 11 is 0. The van der Waals surface area contributed by atoms with Crippen LogP contribution in [0.1, 0.15) is 17.2 Å². The third-order valence-electron chi connectivity index (χ3n) is 6.93. The Balaban J connectivity index is 1.59. The van der Waals surface area contributed by atoms with Gasteiger partial charge in [0.05, 0.1) is 26.8 Å². The number of amides is 2. The highest BCUT2D eigenvalue weighted by molar-refractivity contribution is 5.98. The normalized spacial score (nSPS) is 11.5. The molecular weight excluding hydrogens is 553 g/mol. The van der Waals surface area contributed by atoms with Gasteiger partial charge in [0, 0.05) is 12.2 Å². The van der Waals surface area contributed by atoms with E-state index < -0.39 is 17.8 Å². The van der Waals surface area contributed by atoms with Gasteiger partial charge in [-0.3, -0.25) is 9.59 Å². The number of para-hydroxylation sites is 1. The van der Waals surface area contributed by atoms with Gasteiger partial charge in [-0.15, -0.1) is 5.10 Å². The van der Waals surface area contributed by atoms with Gasteiger partial charge >= 0.3 is 0 Å². The number of hydrogen-bond acceptors (Lipinski definition) is 7. The van der Waals surface area contributed by atoms with Crippen LogP contribution in [-0.2, 0) is 22.7 Å². The lowest BCUT2D eigenvalue weighted by Gasteiger charge is -2.32. The smallest absolute Gasteiger partial charge is 0.251 e. The lowest BCUT2D eigenvalue weighted by molar-refractivity contribution is -0.140. The molecule has 0 spiro atoms. The van der Waals surface area contributed by atoms with Gasteiger partial charge in [-0.1, -0.05) is 35.5 Å². The Morgan fingerprint density at radius 2 is 1.60 bits per heavy atom. The highest BCUT2D eigenvalue weighted by Crippen LogP contribution is 2.34. The van der Waals surface area contributed by atoms with Crippen molar-refractivity contribution in [3.8, 4) is 17.2 Å². The van der Waals surface area contributed by atoms with E-state index in [1.807, 2.05) is 30.3 Å². The highest BCUT2D eigenvalue weighted by atomic mass is 19.1. The van der Waals surface area contributed by atoms with Crippen LogP contribution >= 0.6 is 0 Å². The van der Waals surface area contributed by atoms with Crippen LogP contribution in [0.2, 0.25) is 0 Å². The van der Waals surface area contributed by atoms with Crippen LogP contribution in [0.25, 0.3) is 11.0 Å². The molecule has 0 aliphatic heterocycles. The first-order chi connectivity index (χ1) is 20.9. The van der Waals surface area contributed by atoms with Gasteiger partial charge in [0.2, 0.25) is 5.91 Å². The number of rotatable bonds is 11. The molecule has 1 atom stereocenters. The number of carbonyl (C=O) groups is 2. The number of ether oxygens (including phenoxy) is 3. The zero-order chi connectivity index (χ0) is 30.3. The van der Waals surface area contributed by atoms with Crippen molar-refractivity contribution >= 4 is 28.5 Å². The second kappa shape index (κ2) is 13.0. The largest absolute Gasteiger partial charge is 0.497 e. The van der Waals surface area contributed by atoms with Gasteiger partial charge in [0.25, 0.3) is 5.91 Å². The van der Waals surface area contributed by atoms with Crippen molar-refractivity contribution in [2.24, 2.45) is 0 Å². The van der Waals surface area contributed by atoms with Gasteiger partial charge in [-0.05, 0) is 71.8 Å². The first kappa shape index (κ1) is 29.1. The molecule has 0 aliphatic carbocycles. The van der Waals surface area contributed by atoms with Gasteiger partial charge in [0.15, 0.2) is 11.5 Å². The number of fused-ring (bicyclic) bond motifs is 1. The Hall–Kier alpha value is -5.45. The number of anilines is 1. The Morgan fingerprint density at radius 1 is 0.884 bits per heavy atom. The minimum absolute atomic E-state index is 0.0747. The molecule has 0 aliphatic rings. The number of benzene rings is 4. The van der Waals surface area contributed by atoms with E-state index in [-0.39, 0.29) is 19.0 Å². The summed E-state index contributed by atoms with van der Waals surface area (Å²) in [6, 6.07) is 23.8. The van der Waals surface area contributed by atoms with E-state index in [0.717, 1.165) is 5.56 Å². The summed E-state index contributed by atoms with van der Waals surface area (Å²) in [5, 5.41) is 11.2. The lowest BCUT2D eigenvalue weighted by atomic mass is 10.0. The van der Waals surface area contributed by atoms with Crippen LogP contribution in [0, 0.1) is 5.82 Å². The molecule has 0 radical (unpaired) electrons. The van der Waals surface area contributed by atoms with Crippen LogP contribution in [0.3, 0.4) is 0 Å². The maximum atomic E-state index is 14.2. The third kappa shape index (κ3) is 6.56. The third-order valence-corrected chi connectivity index (χ3v) is 6.93. The summed E-state index contributed by atoms with van der Waals surface area (Å²) in [6.07, 6.45) is 0. The quantitative estimate of drug-likeness (QED) is 0.233. The standard InChI is InChI=1S/C32H30FN5O5/c1-41-25-15-8-21(9-16-25)19-37(30(39)20-38-27-7-5-4-6-26(27)35-36-38)31(22-10-17-28(42-2)29(18-22)43-3)32(40)34-24-13-11-23(33)12-14-24/h4-18,31H,19-20H2,1-3H3,(H,34,40). The summed E-state index contributed by atoms with van der Waals surface area (Å²) in [7, 11) is 4.57. The lowest BCUT2D eigenvalue weighted by Crippen LogP contribution is -2.42. The minimum atomic E-state index is -1.13.